The summed E-state index contributed by atoms with van der Waals surface area (Å²) in [6, 6.07) is 15.6. The molecule has 31 heavy (non-hydrogen) atoms. The maximum atomic E-state index is 13.0. The van der Waals surface area contributed by atoms with Crippen molar-refractivity contribution in [3.8, 4) is 0 Å². The molecule has 5 rings (SSSR count). The number of anilines is 1. The van der Waals surface area contributed by atoms with Crippen LogP contribution in [-0.2, 0) is 0 Å². The topological polar surface area (TPSA) is 58.4 Å². The molecule has 5 nitrogen and oxygen atoms in total. The van der Waals surface area contributed by atoms with Gasteiger partial charge < -0.3 is 9.73 Å². The second-order valence-corrected chi connectivity index (χ2v) is 9.12. The van der Waals surface area contributed by atoms with Crippen LogP contribution in [0.2, 0.25) is 0 Å². The molecule has 3 aromatic heterocycles. The fourth-order valence-corrected chi connectivity index (χ4v) is 4.94. The summed E-state index contributed by atoms with van der Waals surface area (Å²) < 4.78 is 6.43. The summed E-state index contributed by atoms with van der Waals surface area (Å²) >= 11 is 1.43. The van der Waals surface area contributed by atoms with Crippen LogP contribution in [0.4, 0.5) is 5.69 Å². The molecule has 1 amide bonds. The molecule has 1 fully saturated rings. The van der Waals surface area contributed by atoms with E-state index in [2.05, 4.69) is 28.2 Å². The van der Waals surface area contributed by atoms with E-state index in [-0.39, 0.29) is 11.9 Å². The Hall–Kier alpha value is -2.96. The van der Waals surface area contributed by atoms with Crippen molar-refractivity contribution < 1.29 is 9.21 Å². The molecule has 1 saturated heterocycles. The summed E-state index contributed by atoms with van der Waals surface area (Å²) in [6.07, 6.45) is 5.99. The minimum absolute atomic E-state index is 0.104. The number of likely N-dealkylation sites (tertiary alicyclic amines) is 1. The second-order valence-electron chi connectivity index (χ2n) is 8.18. The predicted octanol–water partition coefficient (Wildman–Crippen LogP) is 5.96. The molecule has 1 aliphatic heterocycles. The number of rotatable bonds is 5. The number of fused-ring (bicyclic) bond motifs is 1. The zero-order valence-electron chi connectivity index (χ0n) is 17.5. The number of nitrogens with zero attached hydrogens (tertiary/aromatic N) is 2. The molecule has 0 saturated carbocycles. The van der Waals surface area contributed by atoms with Gasteiger partial charge in [-0.3, -0.25) is 14.7 Å². The molecule has 1 aliphatic rings. The minimum atomic E-state index is -0.111. The fourth-order valence-electron chi connectivity index (χ4n) is 4.32. The average molecular weight is 432 g/mol. The van der Waals surface area contributed by atoms with Crippen LogP contribution in [0.5, 0.6) is 0 Å². The Morgan fingerprint density at radius 2 is 2.00 bits per heavy atom. The summed E-state index contributed by atoms with van der Waals surface area (Å²) in [6.45, 7) is 4.27. The quantitative estimate of drug-likeness (QED) is 0.423. The van der Waals surface area contributed by atoms with E-state index in [9.17, 15) is 4.79 Å². The molecule has 0 unspecified atom stereocenters. The molecular formula is C25H25N3O2S. The molecule has 1 N–H and O–H groups in total. The van der Waals surface area contributed by atoms with Crippen molar-refractivity contribution in [1.82, 2.24) is 9.88 Å². The number of para-hydroxylation sites is 1. The molecular weight excluding hydrogens is 406 g/mol. The standard InChI is InChI=1S/C25H25N3O2S/c1-17-10-13-28(14-11-17)23(18-6-4-12-26-16-18)24-22(19-7-2-3-8-20(19)30-24)27-25(29)21-9-5-15-31-21/h2-9,12,15-17,23H,10-11,13-14H2,1H3,(H,27,29)/t23-/m1/s1. The largest absolute Gasteiger partial charge is 0.457 e. The summed E-state index contributed by atoms with van der Waals surface area (Å²) in [5.41, 5.74) is 2.60. The van der Waals surface area contributed by atoms with Crippen LogP contribution in [0.25, 0.3) is 11.0 Å². The first-order valence-electron chi connectivity index (χ1n) is 10.7. The number of amides is 1. The molecule has 1 aromatic carbocycles. The SMILES string of the molecule is CC1CCN([C@H](c2cccnc2)c2oc3ccccc3c2NC(=O)c2cccs2)CC1. The van der Waals surface area contributed by atoms with Gasteiger partial charge in [0, 0.05) is 17.8 Å². The van der Waals surface area contributed by atoms with Crippen LogP contribution < -0.4 is 5.32 Å². The highest BCUT2D eigenvalue weighted by molar-refractivity contribution is 7.12. The van der Waals surface area contributed by atoms with Crippen LogP contribution >= 0.6 is 11.3 Å². The van der Waals surface area contributed by atoms with E-state index in [0.717, 1.165) is 59.8 Å². The molecule has 1 atom stereocenters. The number of hydrogen-bond acceptors (Lipinski definition) is 5. The lowest BCUT2D eigenvalue weighted by Crippen LogP contribution is -2.37. The van der Waals surface area contributed by atoms with Gasteiger partial charge in [0.1, 0.15) is 5.58 Å². The van der Waals surface area contributed by atoms with Crippen molar-refractivity contribution in [1.29, 1.82) is 0 Å². The van der Waals surface area contributed by atoms with E-state index in [1.165, 1.54) is 11.3 Å². The van der Waals surface area contributed by atoms with Crippen molar-refractivity contribution in [3.05, 3.63) is 82.5 Å². The van der Waals surface area contributed by atoms with Crippen molar-refractivity contribution in [2.24, 2.45) is 5.92 Å². The maximum Gasteiger partial charge on any atom is 0.265 e. The van der Waals surface area contributed by atoms with Crippen LogP contribution in [0.3, 0.4) is 0 Å². The van der Waals surface area contributed by atoms with Crippen molar-refractivity contribution in [2.45, 2.75) is 25.8 Å². The molecule has 0 radical (unpaired) electrons. The van der Waals surface area contributed by atoms with Gasteiger partial charge in [-0.15, -0.1) is 11.3 Å². The van der Waals surface area contributed by atoms with Gasteiger partial charge in [0.25, 0.3) is 5.91 Å². The summed E-state index contributed by atoms with van der Waals surface area (Å²) in [5, 5.41) is 6.00. The van der Waals surface area contributed by atoms with Gasteiger partial charge in [-0.1, -0.05) is 31.2 Å². The summed E-state index contributed by atoms with van der Waals surface area (Å²) in [7, 11) is 0. The zero-order valence-corrected chi connectivity index (χ0v) is 18.3. The first kappa shape index (κ1) is 20.0. The Bertz CT molecular complexity index is 1160. The first-order valence-corrected chi connectivity index (χ1v) is 11.6. The van der Waals surface area contributed by atoms with Crippen LogP contribution in [0.15, 0.2) is 70.7 Å². The van der Waals surface area contributed by atoms with Crippen molar-refractivity contribution >= 4 is 33.9 Å². The highest BCUT2D eigenvalue weighted by Gasteiger charge is 2.32. The third-order valence-corrected chi connectivity index (χ3v) is 6.91. The molecule has 158 valence electrons. The number of carbonyl (C=O) groups excluding carboxylic acids is 1. The van der Waals surface area contributed by atoms with Gasteiger partial charge in [-0.25, -0.2) is 0 Å². The number of nitrogens with one attached hydrogen (secondary N) is 1. The van der Waals surface area contributed by atoms with Crippen molar-refractivity contribution in [3.63, 3.8) is 0 Å². The van der Waals surface area contributed by atoms with Gasteiger partial charge in [0.2, 0.25) is 0 Å². The van der Waals surface area contributed by atoms with Gasteiger partial charge >= 0.3 is 0 Å². The Morgan fingerprint density at radius 1 is 1.16 bits per heavy atom. The Labute approximate surface area is 185 Å². The maximum absolute atomic E-state index is 13.0. The molecule has 4 heterocycles. The third kappa shape index (κ3) is 4.01. The van der Waals surface area contributed by atoms with Gasteiger partial charge in [0.05, 0.1) is 16.6 Å². The van der Waals surface area contributed by atoms with E-state index in [1.807, 2.05) is 54.0 Å². The van der Waals surface area contributed by atoms with Crippen LogP contribution in [0, 0.1) is 5.92 Å². The number of hydrogen-bond donors (Lipinski definition) is 1. The number of benzene rings is 1. The van der Waals surface area contributed by atoms with E-state index >= 15 is 0 Å². The highest BCUT2D eigenvalue weighted by Crippen LogP contribution is 2.41. The fraction of sp³-hybridized carbons (Fsp3) is 0.280. The zero-order chi connectivity index (χ0) is 21.2. The molecule has 4 aromatic rings. The van der Waals surface area contributed by atoms with Gasteiger partial charge in [-0.05, 0) is 67.1 Å². The number of carbonyl (C=O) groups is 1. The second kappa shape index (κ2) is 8.65. The summed E-state index contributed by atoms with van der Waals surface area (Å²) in [4.78, 5) is 20.5. The Morgan fingerprint density at radius 3 is 2.74 bits per heavy atom. The predicted molar refractivity (Wildman–Crippen MR) is 125 cm³/mol. The van der Waals surface area contributed by atoms with E-state index in [4.69, 9.17) is 4.42 Å². The Balaban J connectivity index is 1.62. The average Bonchev–Trinajstić information content (AvgIpc) is 3.45. The van der Waals surface area contributed by atoms with E-state index < -0.39 is 0 Å². The first-order chi connectivity index (χ1) is 15.2. The summed E-state index contributed by atoms with van der Waals surface area (Å²) in [5.74, 6) is 1.38. The lowest BCUT2D eigenvalue weighted by Gasteiger charge is -2.36. The van der Waals surface area contributed by atoms with E-state index in [0.29, 0.717) is 4.88 Å². The number of furan rings is 1. The normalized spacial score (nSPS) is 16.4. The van der Waals surface area contributed by atoms with E-state index in [1.54, 1.807) is 6.20 Å². The number of aromatic nitrogens is 1. The molecule has 0 spiro atoms. The van der Waals surface area contributed by atoms with Crippen LogP contribution in [-0.4, -0.2) is 28.9 Å². The Kier molecular flexibility index (Phi) is 5.57. The third-order valence-electron chi connectivity index (χ3n) is 6.04. The monoisotopic (exact) mass is 431 g/mol. The van der Waals surface area contributed by atoms with Gasteiger partial charge in [0.15, 0.2) is 5.76 Å². The van der Waals surface area contributed by atoms with Gasteiger partial charge in [-0.2, -0.15) is 0 Å². The van der Waals surface area contributed by atoms with Crippen molar-refractivity contribution in [2.75, 3.05) is 18.4 Å². The molecule has 6 heteroatoms. The number of thiophene rings is 1. The number of pyridine rings is 1. The lowest BCUT2D eigenvalue weighted by atomic mass is 9.94. The van der Waals surface area contributed by atoms with Crippen LogP contribution in [0.1, 0.15) is 46.8 Å². The smallest absolute Gasteiger partial charge is 0.265 e. The molecule has 0 bridgehead atoms. The lowest BCUT2D eigenvalue weighted by molar-refractivity contribution is 0.102. The minimum Gasteiger partial charge on any atom is -0.457 e. The highest BCUT2D eigenvalue weighted by atomic mass is 32.1. The number of piperidine rings is 1. The molecule has 0 aliphatic carbocycles.